The van der Waals surface area contributed by atoms with Crippen molar-refractivity contribution in [3.63, 3.8) is 0 Å². The molecule has 82 valence electrons. The summed E-state index contributed by atoms with van der Waals surface area (Å²) in [5.74, 6) is 0. The SMILES string of the molecule is Clc1nc(-c2ccncc2)cc2ncccc12. The fourth-order valence-corrected chi connectivity index (χ4v) is 1.96. The van der Waals surface area contributed by atoms with E-state index in [4.69, 9.17) is 11.6 Å². The predicted octanol–water partition coefficient (Wildman–Crippen LogP) is 3.35. The molecule has 3 aromatic heterocycles. The second-order valence-corrected chi connectivity index (χ2v) is 3.96. The summed E-state index contributed by atoms with van der Waals surface area (Å²) >= 11 is 6.15. The highest BCUT2D eigenvalue weighted by atomic mass is 35.5. The first-order valence-corrected chi connectivity index (χ1v) is 5.54. The molecule has 0 saturated carbocycles. The highest BCUT2D eigenvalue weighted by Crippen LogP contribution is 2.25. The first kappa shape index (κ1) is 10.2. The van der Waals surface area contributed by atoms with Gasteiger partial charge < -0.3 is 0 Å². The quantitative estimate of drug-likeness (QED) is 0.614. The number of hydrogen-bond acceptors (Lipinski definition) is 3. The second kappa shape index (κ2) is 4.11. The van der Waals surface area contributed by atoms with Gasteiger partial charge in [0.05, 0.1) is 11.2 Å². The summed E-state index contributed by atoms with van der Waals surface area (Å²) in [4.78, 5) is 12.6. The molecule has 0 amide bonds. The minimum atomic E-state index is 0.474. The Morgan fingerprint density at radius 2 is 1.82 bits per heavy atom. The Morgan fingerprint density at radius 1 is 1.00 bits per heavy atom. The average molecular weight is 242 g/mol. The molecule has 0 aliphatic rings. The number of halogens is 1. The van der Waals surface area contributed by atoms with Crippen molar-refractivity contribution in [3.8, 4) is 11.3 Å². The summed E-state index contributed by atoms with van der Waals surface area (Å²) in [7, 11) is 0. The lowest BCUT2D eigenvalue weighted by atomic mass is 10.1. The monoisotopic (exact) mass is 241 g/mol. The topological polar surface area (TPSA) is 38.7 Å². The van der Waals surface area contributed by atoms with Crippen molar-refractivity contribution in [2.45, 2.75) is 0 Å². The highest BCUT2D eigenvalue weighted by Gasteiger charge is 2.06. The van der Waals surface area contributed by atoms with E-state index >= 15 is 0 Å². The number of fused-ring (bicyclic) bond motifs is 1. The Morgan fingerprint density at radius 3 is 2.65 bits per heavy atom. The van der Waals surface area contributed by atoms with Gasteiger partial charge in [-0.1, -0.05) is 11.6 Å². The van der Waals surface area contributed by atoms with E-state index in [1.54, 1.807) is 18.6 Å². The molecule has 0 N–H and O–H groups in total. The van der Waals surface area contributed by atoms with Gasteiger partial charge in [0.2, 0.25) is 0 Å². The zero-order chi connectivity index (χ0) is 11.7. The van der Waals surface area contributed by atoms with Crippen molar-refractivity contribution in [3.05, 3.63) is 54.1 Å². The van der Waals surface area contributed by atoms with Crippen LogP contribution in [0.4, 0.5) is 0 Å². The summed E-state index contributed by atoms with van der Waals surface area (Å²) in [5, 5.41) is 1.34. The first-order valence-electron chi connectivity index (χ1n) is 5.16. The molecule has 0 atom stereocenters. The zero-order valence-electron chi connectivity index (χ0n) is 8.84. The average Bonchev–Trinajstić information content (AvgIpc) is 2.40. The Hall–Kier alpha value is -2.00. The standard InChI is InChI=1S/C13H8ClN3/c14-13-10-2-1-5-16-12(10)8-11(17-13)9-3-6-15-7-4-9/h1-8H. The molecule has 3 aromatic rings. The van der Waals surface area contributed by atoms with Crippen LogP contribution in [0.15, 0.2) is 48.9 Å². The lowest BCUT2D eigenvalue weighted by Crippen LogP contribution is -1.88. The molecule has 0 saturated heterocycles. The molecule has 0 bridgehead atoms. The fourth-order valence-electron chi connectivity index (χ4n) is 1.71. The Labute approximate surface area is 103 Å². The molecule has 0 aliphatic heterocycles. The molecular formula is C13H8ClN3. The summed E-state index contributed by atoms with van der Waals surface area (Å²) in [6.45, 7) is 0. The van der Waals surface area contributed by atoms with E-state index in [2.05, 4.69) is 15.0 Å². The van der Waals surface area contributed by atoms with Crippen LogP contribution < -0.4 is 0 Å². The summed E-state index contributed by atoms with van der Waals surface area (Å²) in [6, 6.07) is 9.48. The smallest absolute Gasteiger partial charge is 0.139 e. The van der Waals surface area contributed by atoms with Crippen LogP contribution in [0.3, 0.4) is 0 Å². The second-order valence-electron chi connectivity index (χ2n) is 3.60. The molecule has 17 heavy (non-hydrogen) atoms. The molecule has 0 radical (unpaired) electrons. The maximum Gasteiger partial charge on any atom is 0.139 e. The van der Waals surface area contributed by atoms with Crippen LogP contribution in [0.1, 0.15) is 0 Å². The van der Waals surface area contributed by atoms with E-state index in [9.17, 15) is 0 Å². The van der Waals surface area contributed by atoms with Gasteiger partial charge in [-0.25, -0.2) is 4.98 Å². The van der Waals surface area contributed by atoms with Gasteiger partial charge in [0, 0.05) is 29.5 Å². The first-order chi connectivity index (χ1) is 8.34. The third-order valence-corrected chi connectivity index (χ3v) is 2.82. The van der Waals surface area contributed by atoms with Crippen LogP contribution in [0.5, 0.6) is 0 Å². The molecule has 0 fully saturated rings. The minimum Gasteiger partial charge on any atom is -0.265 e. The zero-order valence-corrected chi connectivity index (χ0v) is 9.59. The number of aromatic nitrogens is 3. The van der Waals surface area contributed by atoms with E-state index in [0.717, 1.165) is 22.2 Å². The molecule has 0 aliphatic carbocycles. The van der Waals surface area contributed by atoms with Crippen molar-refractivity contribution in [1.29, 1.82) is 0 Å². The maximum atomic E-state index is 6.15. The third-order valence-electron chi connectivity index (χ3n) is 2.53. The van der Waals surface area contributed by atoms with Crippen LogP contribution in [0.2, 0.25) is 5.15 Å². The molecule has 3 nitrogen and oxygen atoms in total. The lowest BCUT2D eigenvalue weighted by molar-refractivity contribution is 1.29. The van der Waals surface area contributed by atoms with Crippen molar-refractivity contribution >= 4 is 22.5 Å². The van der Waals surface area contributed by atoms with Crippen molar-refractivity contribution < 1.29 is 0 Å². The maximum absolute atomic E-state index is 6.15. The normalized spacial score (nSPS) is 10.6. The van der Waals surface area contributed by atoms with Crippen LogP contribution >= 0.6 is 11.6 Å². The number of nitrogens with zero attached hydrogens (tertiary/aromatic N) is 3. The van der Waals surface area contributed by atoms with Gasteiger partial charge in [-0.2, -0.15) is 0 Å². The Bertz CT molecular complexity index is 668. The van der Waals surface area contributed by atoms with Gasteiger partial charge in [0.15, 0.2) is 0 Å². The molecule has 0 aromatic carbocycles. The van der Waals surface area contributed by atoms with Crippen molar-refractivity contribution in [2.24, 2.45) is 0 Å². The molecule has 4 heteroatoms. The van der Waals surface area contributed by atoms with Crippen molar-refractivity contribution in [2.75, 3.05) is 0 Å². The third kappa shape index (κ3) is 1.85. The Balaban J connectivity index is 2.26. The summed E-state index contributed by atoms with van der Waals surface area (Å²) in [6.07, 6.45) is 5.20. The fraction of sp³-hybridized carbons (Fsp3) is 0. The van der Waals surface area contributed by atoms with Gasteiger partial charge in [-0.15, -0.1) is 0 Å². The molecule has 3 rings (SSSR count). The predicted molar refractivity (Wildman–Crippen MR) is 67.8 cm³/mol. The van der Waals surface area contributed by atoms with Crippen molar-refractivity contribution in [1.82, 2.24) is 15.0 Å². The Kier molecular flexibility index (Phi) is 2.46. The van der Waals surface area contributed by atoms with Crippen LogP contribution in [0.25, 0.3) is 22.2 Å². The largest absolute Gasteiger partial charge is 0.265 e. The van der Waals surface area contributed by atoms with E-state index in [0.29, 0.717) is 5.15 Å². The molecular weight excluding hydrogens is 234 g/mol. The van der Waals surface area contributed by atoms with Gasteiger partial charge in [0.1, 0.15) is 5.15 Å². The van der Waals surface area contributed by atoms with E-state index in [1.165, 1.54) is 0 Å². The number of hydrogen-bond donors (Lipinski definition) is 0. The van der Waals surface area contributed by atoms with Gasteiger partial charge in [-0.3, -0.25) is 9.97 Å². The summed E-state index contributed by atoms with van der Waals surface area (Å²) < 4.78 is 0. The van der Waals surface area contributed by atoms with Gasteiger partial charge in [0.25, 0.3) is 0 Å². The molecule has 0 spiro atoms. The van der Waals surface area contributed by atoms with E-state index < -0.39 is 0 Å². The van der Waals surface area contributed by atoms with Gasteiger partial charge in [-0.05, 0) is 30.3 Å². The lowest BCUT2D eigenvalue weighted by Gasteiger charge is -2.04. The van der Waals surface area contributed by atoms with Gasteiger partial charge >= 0.3 is 0 Å². The number of pyridine rings is 3. The summed E-state index contributed by atoms with van der Waals surface area (Å²) in [5.41, 5.74) is 2.64. The minimum absolute atomic E-state index is 0.474. The van der Waals surface area contributed by atoms with E-state index in [1.807, 2.05) is 30.3 Å². The number of rotatable bonds is 1. The molecule has 0 unspecified atom stereocenters. The van der Waals surface area contributed by atoms with Crippen LogP contribution in [-0.4, -0.2) is 15.0 Å². The van der Waals surface area contributed by atoms with E-state index in [-0.39, 0.29) is 0 Å². The van der Waals surface area contributed by atoms with Crippen LogP contribution in [0, 0.1) is 0 Å². The molecule has 3 heterocycles. The van der Waals surface area contributed by atoms with Crippen LogP contribution in [-0.2, 0) is 0 Å². The highest BCUT2D eigenvalue weighted by molar-refractivity contribution is 6.34.